The predicted molar refractivity (Wildman–Crippen MR) is 100.0 cm³/mol. The SMILES string of the molecule is CBc1cnn2c(NCc3cccnc3)cc(C3CCOCC3)nc12. The first kappa shape index (κ1) is 16.1. The molecule has 6 nitrogen and oxygen atoms in total. The van der Waals surface area contributed by atoms with Gasteiger partial charge in [-0.2, -0.15) is 9.61 Å². The standard InChI is InChI=1S/C18H22BN5O/c1-19-15-12-22-24-17(21-11-13-3-2-6-20-10-13)9-16(23-18(15)24)14-4-7-25-8-5-14/h2-3,6,9-10,12,14,19,21H,4-5,7-8,11H2,1H3. The molecule has 0 saturated carbocycles. The Labute approximate surface area is 147 Å². The fourth-order valence-corrected chi connectivity index (χ4v) is 3.30. The van der Waals surface area contributed by atoms with Crippen molar-refractivity contribution < 1.29 is 4.74 Å². The Morgan fingerprint density at radius 2 is 2.20 bits per heavy atom. The minimum atomic E-state index is 0.456. The second-order valence-electron chi connectivity index (χ2n) is 6.43. The lowest BCUT2D eigenvalue weighted by atomic mass is 9.75. The van der Waals surface area contributed by atoms with E-state index in [1.165, 1.54) is 5.46 Å². The molecule has 3 aromatic rings. The van der Waals surface area contributed by atoms with Crippen LogP contribution in [0.4, 0.5) is 5.82 Å². The van der Waals surface area contributed by atoms with Crippen molar-refractivity contribution in [2.24, 2.45) is 0 Å². The third-order valence-corrected chi connectivity index (χ3v) is 4.78. The summed E-state index contributed by atoms with van der Waals surface area (Å²) in [6, 6.07) is 6.17. The van der Waals surface area contributed by atoms with Crippen LogP contribution in [-0.4, -0.2) is 40.1 Å². The number of hydrogen-bond acceptors (Lipinski definition) is 5. The van der Waals surface area contributed by atoms with E-state index in [4.69, 9.17) is 9.72 Å². The number of aromatic nitrogens is 4. The van der Waals surface area contributed by atoms with Gasteiger partial charge in [-0.3, -0.25) is 4.98 Å². The van der Waals surface area contributed by atoms with Gasteiger partial charge in [0.25, 0.3) is 0 Å². The maximum absolute atomic E-state index is 5.51. The molecule has 0 amide bonds. The van der Waals surface area contributed by atoms with Gasteiger partial charge in [-0.15, -0.1) is 0 Å². The van der Waals surface area contributed by atoms with Crippen molar-refractivity contribution in [1.82, 2.24) is 19.6 Å². The Morgan fingerprint density at radius 3 is 2.96 bits per heavy atom. The Bertz CT molecular complexity index is 845. The molecule has 0 unspecified atom stereocenters. The van der Waals surface area contributed by atoms with Crippen LogP contribution in [0.25, 0.3) is 5.65 Å². The smallest absolute Gasteiger partial charge is 0.161 e. The molecule has 0 aromatic carbocycles. The van der Waals surface area contributed by atoms with E-state index >= 15 is 0 Å². The van der Waals surface area contributed by atoms with Crippen molar-refractivity contribution >= 4 is 24.2 Å². The summed E-state index contributed by atoms with van der Waals surface area (Å²) in [6.45, 7) is 4.48. The molecule has 1 saturated heterocycles. The number of rotatable bonds is 5. The van der Waals surface area contributed by atoms with Crippen molar-refractivity contribution in [2.45, 2.75) is 32.1 Å². The van der Waals surface area contributed by atoms with Crippen LogP contribution in [0.3, 0.4) is 0 Å². The van der Waals surface area contributed by atoms with E-state index in [-0.39, 0.29) is 0 Å². The highest BCUT2D eigenvalue weighted by atomic mass is 16.5. The molecular formula is C18H22BN5O. The summed E-state index contributed by atoms with van der Waals surface area (Å²) in [5.41, 5.74) is 4.42. The lowest BCUT2D eigenvalue weighted by Gasteiger charge is -2.22. The second-order valence-corrected chi connectivity index (χ2v) is 6.43. The van der Waals surface area contributed by atoms with Gasteiger partial charge in [0.05, 0.1) is 0 Å². The van der Waals surface area contributed by atoms with Crippen LogP contribution >= 0.6 is 0 Å². The van der Waals surface area contributed by atoms with E-state index in [0.29, 0.717) is 12.5 Å². The molecule has 7 heteroatoms. The second kappa shape index (κ2) is 7.23. The summed E-state index contributed by atoms with van der Waals surface area (Å²) >= 11 is 0. The van der Waals surface area contributed by atoms with Crippen molar-refractivity contribution in [2.75, 3.05) is 18.5 Å². The van der Waals surface area contributed by atoms with Gasteiger partial charge in [0, 0.05) is 56.0 Å². The molecule has 128 valence electrons. The zero-order valence-electron chi connectivity index (χ0n) is 14.5. The Kier molecular flexibility index (Phi) is 4.65. The van der Waals surface area contributed by atoms with Crippen LogP contribution in [-0.2, 0) is 11.3 Å². The number of nitrogens with one attached hydrogen (secondary N) is 1. The fourth-order valence-electron chi connectivity index (χ4n) is 3.30. The molecule has 1 N–H and O–H groups in total. The third kappa shape index (κ3) is 3.37. The first-order chi connectivity index (χ1) is 12.3. The molecule has 0 radical (unpaired) electrons. The normalized spacial score (nSPS) is 15.4. The number of pyridine rings is 1. The summed E-state index contributed by atoms with van der Waals surface area (Å²) < 4.78 is 7.42. The molecule has 0 aliphatic carbocycles. The van der Waals surface area contributed by atoms with Crippen molar-refractivity contribution in [3.8, 4) is 0 Å². The molecule has 4 heterocycles. The maximum atomic E-state index is 5.51. The third-order valence-electron chi connectivity index (χ3n) is 4.78. The molecule has 25 heavy (non-hydrogen) atoms. The number of nitrogens with zero attached hydrogens (tertiary/aromatic N) is 4. The summed E-state index contributed by atoms with van der Waals surface area (Å²) in [6.07, 6.45) is 7.65. The van der Waals surface area contributed by atoms with Crippen LogP contribution in [0.1, 0.15) is 30.0 Å². The summed E-state index contributed by atoms with van der Waals surface area (Å²) in [5, 5.41) is 8.05. The average Bonchev–Trinajstić information content (AvgIpc) is 3.11. The van der Waals surface area contributed by atoms with Gasteiger partial charge in [0.1, 0.15) is 5.82 Å². The van der Waals surface area contributed by atoms with Crippen LogP contribution in [0.2, 0.25) is 6.82 Å². The van der Waals surface area contributed by atoms with Gasteiger partial charge in [0.2, 0.25) is 0 Å². The Balaban J connectivity index is 1.69. The van der Waals surface area contributed by atoms with E-state index < -0.39 is 0 Å². The van der Waals surface area contributed by atoms with Crippen molar-refractivity contribution in [3.63, 3.8) is 0 Å². The van der Waals surface area contributed by atoms with Gasteiger partial charge >= 0.3 is 0 Å². The number of anilines is 1. The van der Waals surface area contributed by atoms with Crippen LogP contribution in [0.15, 0.2) is 36.8 Å². The zero-order chi connectivity index (χ0) is 17.1. The van der Waals surface area contributed by atoms with Crippen molar-refractivity contribution in [1.29, 1.82) is 0 Å². The molecule has 4 rings (SSSR count). The fraction of sp³-hybridized carbons (Fsp3) is 0.389. The van der Waals surface area contributed by atoms with Gasteiger partial charge < -0.3 is 10.1 Å². The quantitative estimate of drug-likeness (QED) is 0.720. The van der Waals surface area contributed by atoms with E-state index in [0.717, 1.165) is 56.1 Å². The lowest BCUT2D eigenvalue weighted by molar-refractivity contribution is 0.0845. The van der Waals surface area contributed by atoms with Crippen LogP contribution in [0, 0.1) is 0 Å². The molecule has 3 aromatic heterocycles. The Hall–Kier alpha value is -2.41. The largest absolute Gasteiger partial charge is 0.381 e. The minimum absolute atomic E-state index is 0.456. The topological polar surface area (TPSA) is 64.3 Å². The average molecular weight is 335 g/mol. The molecular weight excluding hydrogens is 313 g/mol. The maximum Gasteiger partial charge on any atom is 0.161 e. The van der Waals surface area contributed by atoms with Crippen LogP contribution < -0.4 is 10.8 Å². The van der Waals surface area contributed by atoms with E-state index in [9.17, 15) is 0 Å². The van der Waals surface area contributed by atoms with Gasteiger partial charge in [-0.05, 0) is 29.9 Å². The van der Waals surface area contributed by atoms with Gasteiger partial charge in [-0.1, -0.05) is 12.9 Å². The number of fused-ring (bicyclic) bond motifs is 1. The highest BCUT2D eigenvalue weighted by Gasteiger charge is 2.20. The monoisotopic (exact) mass is 335 g/mol. The zero-order valence-corrected chi connectivity index (χ0v) is 14.5. The molecule has 1 aliphatic rings. The summed E-state index contributed by atoms with van der Waals surface area (Å²) in [5.74, 6) is 1.44. The molecule has 1 fully saturated rings. The molecule has 1 aliphatic heterocycles. The van der Waals surface area contributed by atoms with Crippen LogP contribution in [0.5, 0.6) is 0 Å². The first-order valence-electron chi connectivity index (χ1n) is 8.93. The Morgan fingerprint density at radius 1 is 1.32 bits per heavy atom. The first-order valence-corrected chi connectivity index (χ1v) is 8.93. The number of hydrogen-bond donors (Lipinski definition) is 1. The molecule has 0 bridgehead atoms. The van der Waals surface area contributed by atoms with E-state index in [1.54, 1.807) is 6.20 Å². The lowest BCUT2D eigenvalue weighted by Crippen LogP contribution is -2.18. The summed E-state index contributed by atoms with van der Waals surface area (Å²) in [4.78, 5) is 9.12. The highest BCUT2D eigenvalue weighted by Crippen LogP contribution is 2.27. The van der Waals surface area contributed by atoms with E-state index in [2.05, 4.69) is 34.4 Å². The molecule has 0 spiro atoms. The minimum Gasteiger partial charge on any atom is -0.381 e. The van der Waals surface area contributed by atoms with Gasteiger partial charge in [0.15, 0.2) is 12.9 Å². The number of ether oxygens (including phenoxy) is 1. The highest BCUT2D eigenvalue weighted by molar-refractivity contribution is 6.54. The van der Waals surface area contributed by atoms with Crippen molar-refractivity contribution in [3.05, 3.63) is 48.0 Å². The summed E-state index contributed by atoms with van der Waals surface area (Å²) in [7, 11) is 0.926. The molecule has 0 atom stereocenters. The predicted octanol–water partition coefficient (Wildman–Crippen LogP) is 1.74. The van der Waals surface area contributed by atoms with Gasteiger partial charge in [-0.25, -0.2) is 4.98 Å². The van der Waals surface area contributed by atoms with E-state index in [1.807, 2.05) is 23.0 Å².